The van der Waals surface area contributed by atoms with Gasteiger partial charge in [-0.1, -0.05) is 27.7 Å². The molecule has 0 aliphatic carbocycles. The van der Waals surface area contributed by atoms with Gasteiger partial charge in [0.15, 0.2) is 5.82 Å². The van der Waals surface area contributed by atoms with Crippen molar-refractivity contribution in [2.75, 3.05) is 0 Å². The highest BCUT2D eigenvalue weighted by atomic mass is 16.6. The fourth-order valence-corrected chi connectivity index (χ4v) is 1.81. The number of aromatic nitrogens is 2. The van der Waals surface area contributed by atoms with Crippen LogP contribution in [0.1, 0.15) is 58.0 Å². The van der Waals surface area contributed by atoms with E-state index in [1.807, 2.05) is 34.6 Å². The standard InChI is InChI=1S/C11H19N3O2/c1-6-13-10(8(4)5)12-9(7(2)3)11(13)14(15)16/h7-8H,6H2,1-5H3. The lowest BCUT2D eigenvalue weighted by molar-refractivity contribution is -0.393. The minimum Gasteiger partial charge on any atom is -0.358 e. The molecule has 0 fully saturated rings. The summed E-state index contributed by atoms with van der Waals surface area (Å²) in [6, 6.07) is 0. The van der Waals surface area contributed by atoms with Gasteiger partial charge in [-0.15, -0.1) is 0 Å². The van der Waals surface area contributed by atoms with Gasteiger partial charge >= 0.3 is 5.82 Å². The second-order valence-electron chi connectivity index (χ2n) is 4.49. The molecule has 0 amide bonds. The van der Waals surface area contributed by atoms with Gasteiger partial charge in [0.25, 0.3) is 0 Å². The molecule has 5 heteroatoms. The van der Waals surface area contributed by atoms with E-state index in [1.165, 1.54) is 0 Å². The van der Waals surface area contributed by atoms with Crippen molar-refractivity contribution in [2.45, 2.75) is 53.0 Å². The SMILES string of the molecule is CCn1c(C(C)C)nc(C(C)C)c1[N+](=O)[O-]. The quantitative estimate of drug-likeness (QED) is 0.584. The van der Waals surface area contributed by atoms with Crippen LogP contribution in [-0.2, 0) is 6.54 Å². The third-order valence-electron chi connectivity index (χ3n) is 2.55. The van der Waals surface area contributed by atoms with Gasteiger partial charge in [-0.05, 0) is 11.8 Å². The Morgan fingerprint density at radius 1 is 1.31 bits per heavy atom. The molecule has 90 valence electrons. The second-order valence-corrected chi connectivity index (χ2v) is 4.49. The van der Waals surface area contributed by atoms with Crippen LogP contribution in [0.2, 0.25) is 0 Å². The fourth-order valence-electron chi connectivity index (χ4n) is 1.81. The maximum Gasteiger partial charge on any atom is 0.346 e. The van der Waals surface area contributed by atoms with Crippen molar-refractivity contribution >= 4 is 5.82 Å². The van der Waals surface area contributed by atoms with Gasteiger partial charge in [0, 0.05) is 11.8 Å². The third-order valence-corrected chi connectivity index (χ3v) is 2.55. The molecule has 0 N–H and O–H groups in total. The third kappa shape index (κ3) is 2.08. The van der Waals surface area contributed by atoms with Crippen LogP contribution in [0.5, 0.6) is 0 Å². The fraction of sp³-hybridized carbons (Fsp3) is 0.727. The van der Waals surface area contributed by atoms with Crippen LogP contribution in [0, 0.1) is 10.1 Å². The predicted molar refractivity (Wildman–Crippen MR) is 62.7 cm³/mol. The number of nitro groups is 1. The van der Waals surface area contributed by atoms with E-state index < -0.39 is 0 Å². The summed E-state index contributed by atoms with van der Waals surface area (Å²) in [6.07, 6.45) is 0. The molecular weight excluding hydrogens is 206 g/mol. The number of hydrogen-bond donors (Lipinski definition) is 0. The molecular formula is C11H19N3O2. The zero-order chi connectivity index (χ0) is 12.5. The molecule has 0 aliphatic heterocycles. The minimum atomic E-state index is -0.322. The van der Waals surface area contributed by atoms with E-state index in [0.29, 0.717) is 12.2 Å². The highest BCUT2D eigenvalue weighted by Crippen LogP contribution is 2.29. The first-order valence-corrected chi connectivity index (χ1v) is 5.64. The van der Waals surface area contributed by atoms with E-state index >= 15 is 0 Å². The zero-order valence-electron chi connectivity index (χ0n) is 10.5. The van der Waals surface area contributed by atoms with Crippen LogP contribution >= 0.6 is 0 Å². The lowest BCUT2D eigenvalue weighted by Crippen LogP contribution is -2.07. The first kappa shape index (κ1) is 12.7. The second kappa shape index (κ2) is 4.63. The summed E-state index contributed by atoms with van der Waals surface area (Å²) in [5.74, 6) is 1.23. The van der Waals surface area contributed by atoms with Crippen molar-refractivity contribution in [1.82, 2.24) is 9.55 Å². The highest BCUT2D eigenvalue weighted by Gasteiger charge is 2.28. The summed E-state index contributed by atoms with van der Waals surface area (Å²) in [6.45, 7) is 10.4. The van der Waals surface area contributed by atoms with Crippen LogP contribution in [0.15, 0.2) is 0 Å². The molecule has 0 unspecified atom stereocenters. The monoisotopic (exact) mass is 225 g/mol. The molecule has 0 aromatic carbocycles. The number of nitrogens with zero attached hydrogens (tertiary/aromatic N) is 3. The van der Waals surface area contributed by atoms with E-state index in [0.717, 1.165) is 5.82 Å². The van der Waals surface area contributed by atoms with Gasteiger partial charge in [0.2, 0.25) is 0 Å². The molecule has 0 saturated heterocycles. The van der Waals surface area contributed by atoms with Crippen molar-refractivity contribution in [2.24, 2.45) is 0 Å². The number of imidazole rings is 1. The predicted octanol–water partition coefficient (Wildman–Crippen LogP) is 3.06. The smallest absolute Gasteiger partial charge is 0.346 e. The Bertz CT molecular complexity index is 394. The first-order chi connectivity index (χ1) is 7.40. The maximum absolute atomic E-state index is 11.1. The summed E-state index contributed by atoms with van der Waals surface area (Å²) in [7, 11) is 0. The molecule has 0 bridgehead atoms. The zero-order valence-corrected chi connectivity index (χ0v) is 10.5. The van der Waals surface area contributed by atoms with E-state index in [2.05, 4.69) is 4.98 Å². The van der Waals surface area contributed by atoms with Gasteiger partial charge in [-0.25, -0.2) is 9.55 Å². The van der Waals surface area contributed by atoms with E-state index in [4.69, 9.17) is 0 Å². The van der Waals surface area contributed by atoms with Crippen LogP contribution in [0.4, 0.5) is 5.82 Å². The molecule has 16 heavy (non-hydrogen) atoms. The van der Waals surface area contributed by atoms with E-state index in [-0.39, 0.29) is 22.6 Å². The van der Waals surface area contributed by atoms with Gasteiger partial charge in [-0.2, -0.15) is 0 Å². The van der Waals surface area contributed by atoms with Crippen molar-refractivity contribution < 1.29 is 4.92 Å². The summed E-state index contributed by atoms with van der Waals surface area (Å²) >= 11 is 0. The largest absolute Gasteiger partial charge is 0.358 e. The number of hydrogen-bond acceptors (Lipinski definition) is 3. The molecule has 1 rings (SSSR count). The molecule has 5 nitrogen and oxygen atoms in total. The molecule has 1 aromatic heterocycles. The lowest BCUT2D eigenvalue weighted by Gasteiger charge is -2.04. The van der Waals surface area contributed by atoms with Gasteiger partial charge in [0.1, 0.15) is 5.69 Å². The summed E-state index contributed by atoms with van der Waals surface area (Å²) in [5, 5.41) is 11.1. The van der Waals surface area contributed by atoms with Gasteiger partial charge in [-0.3, -0.25) is 0 Å². The normalized spacial score (nSPS) is 11.4. The van der Waals surface area contributed by atoms with Crippen molar-refractivity contribution in [3.8, 4) is 0 Å². The topological polar surface area (TPSA) is 61.0 Å². The van der Waals surface area contributed by atoms with Gasteiger partial charge < -0.3 is 10.1 Å². The molecule has 0 saturated carbocycles. The van der Waals surface area contributed by atoms with Gasteiger partial charge in [0.05, 0.1) is 6.54 Å². The Labute approximate surface area is 95.6 Å². The average molecular weight is 225 g/mol. The molecule has 1 heterocycles. The molecule has 0 atom stereocenters. The number of rotatable bonds is 4. The Balaban J connectivity index is 3.46. The Kier molecular flexibility index (Phi) is 3.67. The summed E-state index contributed by atoms with van der Waals surface area (Å²) in [4.78, 5) is 15.2. The Hall–Kier alpha value is -1.39. The van der Waals surface area contributed by atoms with E-state index in [1.54, 1.807) is 4.57 Å². The minimum absolute atomic E-state index is 0.0747. The molecule has 0 spiro atoms. The van der Waals surface area contributed by atoms with Crippen molar-refractivity contribution in [1.29, 1.82) is 0 Å². The molecule has 1 aromatic rings. The average Bonchev–Trinajstić information content (AvgIpc) is 2.56. The van der Waals surface area contributed by atoms with E-state index in [9.17, 15) is 10.1 Å². The summed E-state index contributed by atoms with van der Waals surface area (Å²) < 4.78 is 1.71. The summed E-state index contributed by atoms with van der Waals surface area (Å²) in [5.41, 5.74) is 0.593. The van der Waals surface area contributed by atoms with Crippen molar-refractivity contribution in [3.63, 3.8) is 0 Å². The van der Waals surface area contributed by atoms with Crippen molar-refractivity contribution in [3.05, 3.63) is 21.6 Å². The Morgan fingerprint density at radius 2 is 1.88 bits per heavy atom. The lowest BCUT2D eigenvalue weighted by atomic mass is 10.1. The highest BCUT2D eigenvalue weighted by molar-refractivity contribution is 5.34. The Morgan fingerprint density at radius 3 is 2.19 bits per heavy atom. The maximum atomic E-state index is 11.1. The molecule has 0 aliphatic rings. The van der Waals surface area contributed by atoms with Crippen LogP contribution < -0.4 is 0 Å². The molecule has 0 radical (unpaired) electrons. The first-order valence-electron chi connectivity index (χ1n) is 5.64. The van der Waals surface area contributed by atoms with Crippen LogP contribution in [-0.4, -0.2) is 14.5 Å². The van der Waals surface area contributed by atoms with Crippen LogP contribution in [0.3, 0.4) is 0 Å². The van der Waals surface area contributed by atoms with Crippen LogP contribution in [0.25, 0.3) is 0 Å².